The van der Waals surface area contributed by atoms with Crippen molar-refractivity contribution in [1.82, 2.24) is 10.3 Å². The number of methoxy groups -OCH3 is 1. The molecule has 1 aliphatic rings. The Morgan fingerprint density at radius 2 is 2.00 bits per heavy atom. The van der Waals surface area contributed by atoms with E-state index in [1.54, 1.807) is 0 Å². The molecule has 0 aromatic carbocycles. The predicted molar refractivity (Wildman–Crippen MR) is 61.4 cm³/mol. The van der Waals surface area contributed by atoms with Crippen molar-refractivity contribution in [3.05, 3.63) is 22.5 Å². The first-order valence-corrected chi connectivity index (χ1v) is 5.48. The first-order valence-electron chi connectivity index (χ1n) is 5.48. The normalized spacial score (nSPS) is 15.0. The minimum Gasteiger partial charge on any atom is -0.465 e. The quantitative estimate of drug-likeness (QED) is 0.711. The number of esters is 1. The Balaban J connectivity index is 2.58. The molecule has 0 spiro atoms. The Hall–Kier alpha value is -1.29. The van der Waals surface area contributed by atoms with Gasteiger partial charge in [0.2, 0.25) is 0 Å². The number of aromatic nitrogens is 1. The molecule has 4 nitrogen and oxygen atoms in total. The van der Waals surface area contributed by atoms with Gasteiger partial charge in [-0.2, -0.15) is 0 Å². The van der Waals surface area contributed by atoms with Crippen molar-refractivity contribution in [3.8, 4) is 0 Å². The zero-order valence-electron chi connectivity index (χ0n) is 10.2. The van der Waals surface area contributed by atoms with Crippen LogP contribution in [0.15, 0.2) is 0 Å². The lowest BCUT2D eigenvalue weighted by atomic mass is 9.88. The van der Waals surface area contributed by atoms with Crippen LogP contribution in [0.25, 0.3) is 0 Å². The van der Waals surface area contributed by atoms with Crippen LogP contribution in [-0.2, 0) is 23.2 Å². The van der Waals surface area contributed by atoms with Gasteiger partial charge in [-0.15, -0.1) is 0 Å². The fourth-order valence-corrected chi connectivity index (χ4v) is 2.14. The summed E-state index contributed by atoms with van der Waals surface area (Å²) < 4.78 is 4.87. The zero-order chi connectivity index (χ0) is 11.9. The van der Waals surface area contributed by atoms with Crippen LogP contribution >= 0.6 is 0 Å². The Labute approximate surface area is 95.4 Å². The monoisotopic (exact) mass is 222 g/mol. The summed E-state index contributed by atoms with van der Waals surface area (Å²) in [6.45, 7) is 7.82. The van der Waals surface area contributed by atoms with Gasteiger partial charge in [-0.1, -0.05) is 20.8 Å². The summed E-state index contributed by atoms with van der Waals surface area (Å²) >= 11 is 0. The first kappa shape index (κ1) is 11.2. The minimum absolute atomic E-state index is 0.0755. The van der Waals surface area contributed by atoms with Crippen LogP contribution < -0.4 is 5.32 Å². The van der Waals surface area contributed by atoms with Crippen molar-refractivity contribution in [3.63, 3.8) is 0 Å². The van der Waals surface area contributed by atoms with Crippen molar-refractivity contribution in [2.24, 2.45) is 0 Å². The van der Waals surface area contributed by atoms with Gasteiger partial charge < -0.3 is 15.0 Å². The molecule has 2 N–H and O–H groups in total. The number of nitrogens with one attached hydrogen (secondary N) is 2. The van der Waals surface area contributed by atoms with Crippen LogP contribution in [0.1, 0.15) is 48.1 Å². The molecule has 0 aliphatic carbocycles. The number of carbonyl (C=O) groups is 1. The van der Waals surface area contributed by atoms with E-state index in [0.29, 0.717) is 0 Å². The van der Waals surface area contributed by atoms with Gasteiger partial charge in [0.25, 0.3) is 0 Å². The molecule has 0 radical (unpaired) electrons. The van der Waals surface area contributed by atoms with Gasteiger partial charge in [-0.25, -0.2) is 4.79 Å². The highest BCUT2D eigenvalue weighted by Crippen LogP contribution is 2.32. The molecule has 0 unspecified atom stereocenters. The van der Waals surface area contributed by atoms with Gasteiger partial charge in [0.15, 0.2) is 0 Å². The van der Waals surface area contributed by atoms with Crippen LogP contribution in [0.5, 0.6) is 0 Å². The highest BCUT2D eigenvalue weighted by Gasteiger charge is 2.31. The Bertz CT molecular complexity index is 427. The molecule has 0 amide bonds. The number of hydrogen-bond acceptors (Lipinski definition) is 3. The highest BCUT2D eigenvalue weighted by atomic mass is 16.5. The smallest absolute Gasteiger partial charge is 0.340 e. The van der Waals surface area contributed by atoms with Gasteiger partial charge in [-0.05, 0) is 0 Å². The number of hydrogen-bond donors (Lipinski definition) is 2. The molecule has 0 atom stereocenters. The topological polar surface area (TPSA) is 54.1 Å². The number of fused-ring (bicyclic) bond motifs is 1. The van der Waals surface area contributed by atoms with Crippen molar-refractivity contribution in [2.75, 3.05) is 7.11 Å². The second-order valence-electron chi connectivity index (χ2n) is 5.18. The molecule has 4 heteroatoms. The van der Waals surface area contributed by atoms with E-state index in [1.165, 1.54) is 7.11 Å². The maximum Gasteiger partial charge on any atom is 0.340 e. The van der Waals surface area contributed by atoms with E-state index in [-0.39, 0.29) is 11.4 Å². The molecule has 1 aromatic rings. The summed E-state index contributed by atoms with van der Waals surface area (Å²) in [6.07, 6.45) is 0. The molecule has 2 rings (SSSR count). The lowest BCUT2D eigenvalue weighted by Crippen LogP contribution is -2.19. The van der Waals surface area contributed by atoms with Crippen LogP contribution in [0.3, 0.4) is 0 Å². The Morgan fingerprint density at radius 1 is 1.31 bits per heavy atom. The number of rotatable bonds is 1. The number of H-pyrrole nitrogens is 1. The van der Waals surface area contributed by atoms with Crippen LogP contribution in [0, 0.1) is 0 Å². The van der Waals surface area contributed by atoms with E-state index in [2.05, 4.69) is 31.1 Å². The molecule has 0 saturated heterocycles. The summed E-state index contributed by atoms with van der Waals surface area (Å²) in [5.41, 5.74) is 3.80. The highest BCUT2D eigenvalue weighted by molar-refractivity contribution is 5.93. The second kappa shape index (κ2) is 3.63. The van der Waals surface area contributed by atoms with E-state index in [4.69, 9.17) is 4.74 Å². The van der Waals surface area contributed by atoms with Gasteiger partial charge in [0, 0.05) is 35.5 Å². The molecular weight excluding hydrogens is 204 g/mol. The SMILES string of the molecule is COC(=O)c1c(C(C)(C)C)[nH]c2c1CNC2. The van der Waals surface area contributed by atoms with Crippen molar-refractivity contribution in [1.29, 1.82) is 0 Å². The van der Waals surface area contributed by atoms with E-state index < -0.39 is 0 Å². The molecule has 0 fully saturated rings. The van der Waals surface area contributed by atoms with Crippen molar-refractivity contribution in [2.45, 2.75) is 39.3 Å². The van der Waals surface area contributed by atoms with Crippen LogP contribution in [0.4, 0.5) is 0 Å². The number of carbonyl (C=O) groups excluding carboxylic acids is 1. The third-order valence-corrected chi connectivity index (χ3v) is 2.94. The Morgan fingerprint density at radius 3 is 2.56 bits per heavy atom. The molecule has 1 aromatic heterocycles. The van der Waals surface area contributed by atoms with Crippen LogP contribution in [0.2, 0.25) is 0 Å². The molecule has 16 heavy (non-hydrogen) atoms. The average Bonchev–Trinajstić information content (AvgIpc) is 2.73. The molecule has 0 saturated carbocycles. The van der Waals surface area contributed by atoms with Crippen molar-refractivity contribution < 1.29 is 9.53 Å². The lowest BCUT2D eigenvalue weighted by molar-refractivity contribution is 0.0597. The summed E-state index contributed by atoms with van der Waals surface area (Å²) in [5, 5.41) is 3.23. The van der Waals surface area contributed by atoms with Gasteiger partial charge in [0.05, 0.1) is 12.7 Å². The zero-order valence-corrected chi connectivity index (χ0v) is 10.2. The largest absolute Gasteiger partial charge is 0.465 e. The fourth-order valence-electron chi connectivity index (χ4n) is 2.14. The molecule has 1 aliphatic heterocycles. The lowest BCUT2D eigenvalue weighted by Gasteiger charge is -2.19. The summed E-state index contributed by atoms with van der Waals surface area (Å²) in [5.74, 6) is -0.244. The third-order valence-electron chi connectivity index (χ3n) is 2.94. The second-order valence-corrected chi connectivity index (χ2v) is 5.18. The number of ether oxygens (including phenoxy) is 1. The predicted octanol–water partition coefficient (Wildman–Crippen LogP) is 1.70. The van der Waals surface area contributed by atoms with Gasteiger partial charge in [0.1, 0.15) is 0 Å². The van der Waals surface area contributed by atoms with E-state index >= 15 is 0 Å². The summed E-state index contributed by atoms with van der Waals surface area (Å²) in [7, 11) is 1.43. The van der Waals surface area contributed by atoms with E-state index in [0.717, 1.165) is 35.6 Å². The maximum absolute atomic E-state index is 11.8. The number of aromatic amines is 1. The summed E-state index contributed by atoms with van der Waals surface area (Å²) in [4.78, 5) is 15.2. The molecule has 2 heterocycles. The minimum atomic E-state index is -0.244. The maximum atomic E-state index is 11.8. The molecular formula is C12H18N2O2. The summed E-state index contributed by atoms with van der Waals surface area (Å²) in [6, 6.07) is 0. The van der Waals surface area contributed by atoms with Gasteiger partial charge >= 0.3 is 5.97 Å². The average molecular weight is 222 g/mol. The Kier molecular flexibility index (Phi) is 2.54. The van der Waals surface area contributed by atoms with Crippen LogP contribution in [-0.4, -0.2) is 18.1 Å². The fraction of sp³-hybridized carbons (Fsp3) is 0.583. The third kappa shape index (κ3) is 1.63. The molecule has 88 valence electrons. The first-order chi connectivity index (χ1) is 7.45. The van der Waals surface area contributed by atoms with Gasteiger partial charge in [-0.3, -0.25) is 0 Å². The van der Waals surface area contributed by atoms with E-state index in [9.17, 15) is 4.79 Å². The molecule has 0 bridgehead atoms. The van der Waals surface area contributed by atoms with E-state index in [1.807, 2.05) is 0 Å². The standard InChI is InChI=1S/C12H18N2O2/c1-12(2,3)10-9(11(15)16-4)7-5-13-6-8(7)14-10/h13-14H,5-6H2,1-4H3. The van der Waals surface area contributed by atoms with Crippen molar-refractivity contribution >= 4 is 5.97 Å².